The summed E-state index contributed by atoms with van der Waals surface area (Å²) in [6.45, 7) is 2.89. The Morgan fingerprint density at radius 1 is 1.38 bits per heavy atom. The lowest BCUT2D eigenvalue weighted by Crippen LogP contribution is -2.29. The van der Waals surface area contributed by atoms with Gasteiger partial charge in [-0.3, -0.25) is 9.89 Å². The van der Waals surface area contributed by atoms with Crippen molar-refractivity contribution in [2.75, 3.05) is 13.1 Å². The molecule has 24 heavy (non-hydrogen) atoms. The lowest BCUT2D eigenvalue weighted by Gasteiger charge is -2.16. The summed E-state index contributed by atoms with van der Waals surface area (Å²) in [6, 6.07) is 8.93. The number of rotatable bonds is 5. The highest BCUT2D eigenvalue weighted by Crippen LogP contribution is 2.22. The highest BCUT2D eigenvalue weighted by Gasteiger charge is 2.34. The van der Waals surface area contributed by atoms with Gasteiger partial charge in [0, 0.05) is 31.1 Å². The van der Waals surface area contributed by atoms with E-state index in [0.717, 1.165) is 17.0 Å². The van der Waals surface area contributed by atoms with Gasteiger partial charge in [0.25, 0.3) is 0 Å². The number of β-amino-alcohol motifs (C(OH)–C–C–N with tert-alkyl or cyclic N) is 1. The van der Waals surface area contributed by atoms with E-state index in [1.807, 2.05) is 19.1 Å². The number of amides is 1. The molecular formula is C18H23N3O3. The molecule has 3 N–H and O–H groups in total. The number of aryl methyl sites for hydroxylation is 2. The number of aromatic amines is 1. The number of hydrogen-bond acceptors (Lipinski definition) is 4. The van der Waals surface area contributed by atoms with Gasteiger partial charge in [-0.2, -0.15) is 5.10 Å². The molecule has 128 valence electrons. The number of aliphatic hydroxyl groups excluding tert-OH is 1. The fourth-order valence-corrected chi connectivity index (χ4v) is 3.23. The summed E-state index contributed by atoms with van der Waals surface area (Å²) < 4.78 is 0. The number of phenolic OH excluding ortho intramolecular Hbond substituents is 1. The molecule has 1 aliphatic heterocycles. The van der Waals surface area contributed by atoms with Gasteiger partial charge < -0.3 is 15.1 Å². The van der Waals surface area contributed by atoms with Gasteiger partial charge in [-0.25, -0.2) is 0 Å². The van der Waals surface area contributed by atoms with Gasteiger partial charge in [0.15, 0.2) is 0 Å². The fourth-order valence-electron chi connectivity index (χ4n) is 3.23. The maximum absolute atomic E-state index is 12.4. The van der Waals surface area contributed by atoms with E-state index in [-0.39, 0.29) is 17.6 Å². The molecule has 0 bridgehead atoms. The predicted octanol–water partition coefficient (Wildman–Crippen LogP) is 1.42. The molecule has 3 rings (SSSR count). The Morgan fingerprint density at radius 2 is 2.21 bits per heavy atom. The van der Waals surface area contributed by atoms with E-state index < -0.39 is 6.10 Å². The molecule has 1 aromatic heterocycles. The lowest BCUT2D eigenvalue weighted by molar-refractivity contribution is -0.130. The standard InChI is InChI=1S/C18H23N3O3/c1-12-7-15(20-19-12)9-14-10-21(11-17(14)23)18(24)6-5-13-3-2-4-16(22)8-13/h2-4,7-8,14,17,22-23H,5-6,9-11H2,1H3,(H,19,20)/t14-,17-/m1/s1. The molecule has 0 unspecified atom stereocenters. The second-order valence-electron chi connectivity index (χ2n) is 6.54. The van der Waals surface area contributed by atoms with Crippen LogP contribution in [0.1, 0.15) is 23.4 Å². The van der Waals surface area contributed by atoms with Gasteiger partial charge in [0.1, 0.15) is 5.75 Å². The Morgan fingerprint density at radius 3 is 2.92 bits per heavy atom. The first-order valence-corrected chi connectivity index (χ1v) is 8.26. The van der Waals surface area contributed by atoms with Crippen LogP contribution in [0.25, 0.3) is 0 Å². The van der Waals surface area contributed by atoms with Crippen molar-refractivity contribution in [3.63, 3.8) is 0 Å². The number of nitrogens with one attached hydrogen (secondary N) is 1. The number of carbonyl (C=O) groups excluding carboxylic acids is 1. The molecular weight excluding hydrogens is 306 g/mol. The molecule has 6 heteroatoms. The average Bonchev–Trinajstić information content (AvgIpc) is 3.12. The molecule has 0 spiro atoms. The third-order valence-electron chi connectivity index (χ3n) is 4.53. The maximum atomic E-state index is 12.4. The number of hydrogen-bond donors (Lipinski definition) is 3. The molecule has 6 nitrogen and oxygen atoms in total. The van der Waals surface area contributed by atoms with Crippen LogP contribution in [0.5, 0.6) is 5.75 Å². The molecule has 1 saturated heterocycles. The molecule has 2 atom stereocenters. The quantitative estimate of drug-likeness (QED) is 0.774. The zero-order valence-electron chi connectivity index (χ0n) is 13.8. The second-order valence-corrected chi connectivity index (χ2v) is 6.54. The highest BCUT2D eigenvalue weighted by atomic mass is 16.3. The van der Waals surface area contributed by atoms with Crippen molar-refractivity contribution in [2.45, 2.75) is 32.3 Å². The van der Waals surface area contributed by atoms with Crippen molar-refractivity contribution in [1.29, 1.82) is 0 Å². The van der Waals surface area contributed by atoms with Crippen molar-refractivity contribution < 1.29 is 15.0 Å². The van der Waals surface area contributed by atoms with Crippen molar-refractivity contribution >= 4 is 5.91 Å². The summed E-state index contributed by atoms with van der Waals surface area (Å²) >= 11 is 0. The largest absolute Gasteiger partial charge is 0.508 e. The van der Waals surface area contributed by atoms with Gasteiger partial charge in [-0.15, -0.1) is 0 Å². The Kier molecular flexibility index (Phi) is 4.85. The number of carbonyl (C=O) groups is 1. The zero-order chi connectivity index (χ0) is 17.1. The number of likely N-dealkylation sites (tertiary alicyclic amines) is 1. The van der Waals surface area contributed by atoms with E-state index in [1.54, 1.807) is 23.1 Å². The van der Waals surface area contributed by atoms with E-state index in [2.05, 4.69) is 10.2 Å². The maximum Gasteiger partial charge on any atom is 0.223 e. The van der Waals surface area contributed by atoms with Gasteiger partial charge in [0.05, 0.1) is 11.8 Å². The summed E-state index contributed by atoms with van der Waals surface area (Å²) in [5.74, 6) is 0.279. The Balaban J connectivity index is 1.52. The van der Waals surface area contributed by atoms with Crippen LogP contribution < -0.4 is 0 Å². The first kappa shape index (κ1) is 16.5. The van der Waals surface area contributed by atoms with Crippen molar-refractivity contribution in [1.82, 2.24) is 15.1 Å². The Labute approximate surface area is 141 Å². The molecule has 0 saturated carbocycles. The SMILES string of the molecule is Cc1cc(C[C@@H]2CN(C(=O)CCc3cccc(O)c3)C[C@H]2O)n[nH]1. The molecule has 1 fully saturated rings. The Hall–Kier alpha value is -2.34. The number of aromatic nitrogens is 2. The van der Waals surface area contributed by atoms with Gasteiger partial charge in [-0.05, 0) is 43.5 Å². The van der Waals surface area contributed by atoms with Crippen LogP contribution in [0.4, 0.5) is 0 Å². The normalized spacial score (nSPS) is 20.5. The summed E-state index contributed by atoms with van der Waals surface area (Å²) in [7, 11) is 0. The predicted molar refractivity (Wildman–Crippen MR) is 89.5 cm³/mol. The van der Waals surface area contributed by atoms with Crippen molar-refractivity contribution in [3.8, 4) is 5.75 Å². The van der Waals surface area contributed by atoms with Gasteiger partial charge in [-0.1, -0.05) is 12.1 Å². The van der Waals surface area contributed by atoms with Crippen LogP contribution in [0.2, 0.25) is 0 Å². The van der Waals surface area contributed by atoms with Crippen molar-refractivity contribution in [3.05, 3.63) is 47.3 Å². The van der Waals surface area contributed by atoms with Gasteiger partial charge in [0.2, 0.25) is 5.91 Å². The molecule has 1 aliphatic rings. The summed E-state index contributed by atoms with van der Waals surface area (Å²) in [5, 5.41) is 26.8. The van der Waals surface area contributed by atoms with Crippen LogP contribution in [0.15, 0.2) is 30.3 Å². The monoisotopic (exact) mass is 329 g/mol. The Bertz CT molecular complexity index is 713. The first-order chi connectivity index (χ1) is 11.5. The van der Waals surface area contributed by atoms with E-state index >= 15 is 0 Å². The van der Waals surface area contributed by atoms with Gasteiger partial charge >= 0.3 is 0 Å². The minimum atomic E-state index is -0.508. The molecule has 0 radical (unpaired) electrons. The third kappa shape index (κ3) is 3.94. The van der Waals surface area contributed by atoms with Crippen LogP contribution in [0, 0.1) is 12.8 Å². The van der Waals surface area contributed by atoms with E-state index in [9.17, 15) is 15.0 Å². The first-order valence-electron chi connectivity index (χ1n) is 8.26. The zero-order valence-corrected chi connectivity index (χ0v) is 13.8. The number of benzene rings is 1. The molecule has 1 amide bonds. The summed E-state index contributed by atoms with van der Waals surface area (Å²) in [5.41, 5.74) is 2.86. The minimum absolute atomic E-state index is 0.0254. The molecule has 2 heterocycles. The molecule has 2 aromatic rings. The summed E-state index contributed by atoms with van der Waals surface area (Å²) in [6.07, 6.45) is 1.13. The summed E-state index contributed by atoms with van der Waals surface area (Å²) in [4.78, 5) is 14.1. The van der Waals surface area contributed by atoms with Crippen LogP contribution >= 0.6 is 0 Å². The number of nitrogens with zero attached hydrogens (tertiary/aromatic N) is 2. The van der Waals surface area contributed by atoms with Crippen LogP contribution in [0.3, 0.4) is 0 Å². The highest BCUT2D eigenvalue weighted by molar-refractivity contribution is 5.76. The number of aromatic hydroxyl groups is 1. The second kappa shape index (κ2) is 7.05. The topological polar surface area (TPSA) is 89.5 Å². The van der Waals surface area contributed by atoms with Crippen molar-refractivity contribution in [2.24, 2.45) is 5.92 Å². The molecule has 0 aliphatic carbocycles. The van der Waals surface area contributed by atoms with E-state index in [4.69, 9.17) is 0 Å². The fraction of sp³-hybridized carbons (Fsp3) is 0.444. The minimum Gasteiger partial charge on any atom is -0.508 e. The van der Waals surface area contributed by atoms with E-state index in [0.29, 0.717) is 32.4 Å². The van der Waals surface area contributed by atoms with Crippen LogP contribution in [-0.4, -0.2) is 50.4 Å². The third-order valence-corrected chi connectivity index (χ3v) is 4.53. The number of phenols is 1. The molecule has 1 aromatic carbocycles. The number of aliphatic hydroxyl groups is 1. The average molecular weight is 329 g/mol. The lowest BCUT2D eigenvalue weighted by atomic mass is 10.0. The van der Waals surface area contributed by atoms with E-state index in [1.165, 1.54) is 0 Å². The smallest absolute Gasteiger partial charge is 0.223 e. The van der Waals surface area contributed by atoms with Crippen LogP contribution in [-0.2, 0) is 17.6 Å². The number of H-pyrrole nitrogens is 1.